The van der Waals surface area contributed by atoms with Crippen LogP contribution in [0.25, 0.3) is 0 Å². The molecule has 1 aromatic carbocycles. The van der Waals surface area contributed by atoms with E-state index in [1.165, 1.54) is 4.90 Å². The third kappa shape index (κ3) is 3.66. The van der Waals surface area contributed by atoms with Crippen LogP contribution in [0, 0.1) is 23.4 Å². The number of hydrogen-bond acceptors (Lipinski definition) is 2. The molecule has 0 saturated carbocycles. The summed E-state index contributed by atoms with van der Waals surface area (Å²) in [6.07, 6.45) is 1.04. The van der Waals surface area contributed by atoms with E-state index in [0.717, 1.165) is 25.0 Å². The van der Waals surface area contributed by atoms with Crippen molar-refractivity contribution < 1.29 is 23.1 Å². The number of nitrogens with one attached hydrogen (secondary N) is 1. The van der Waals surface area contributed by atoms with Crippen molar-refractivity contribution in [3.8, 4) is 0 Å². The summed E-state index contributed by atoms with van der Waals surface area (Å²) in [7, 11) is 0. The molecule has 2 rings (SSSR count). The molecule has 2 amide bonds. The summed E-state index contributed by atoms with van der Waals surface area (Å²) in [6, 6.07) is 0.935. The molecular formula is C14H17F3N2O2. The average Bonchev–Trinajstić information content (AvgIpc) is 2.44. The van der Waals surface area contributed by atoms with Crippen molar-refractivity contribution in [3.63, 3.8) is 0 Å². The minimum Gasteiger partial charge on any atom is -0.393 e. The Morgan fingerprint density at radius 2 is 2.00 bits per heavy atom. The second-order valence-electron chi connectivity index (χ2n) is 5.27. The number of nitrogens with zero attached hydrogens (tertiary/aromatic N) is 1. The predicted octanol–water partition coefficient (Wildman–Crippen LogP) is 2.73. The van der Waals surface area contributed by atoms with Gasteiger partial charge in [-0.3, -0.25) is 0 Å². The Morgan fingerprint density at radius 1 is 1.38 bits per heavy atom. The third-order valence-corrected chi connectivity index (χ3v) is 3.66. The van der Waals surface area contributed by atoms with E-state index in [1.807, 2.05) is 0 Å². The van der Waals surface area contributed by atoms with Gasteiger partial charge in [0.05, 0.1) is 6.10 Å². The summed E-state index contributed by atoms with van der Waals surface area (Å²) in [5, 5.41) is 11.9. The Kier molecular flexibility index (Phi) is 4.72. The highest BCUT2D eigenvalue weighted by molar-refractivity contribution is 5.89. The molecule has 4 nitrogen and oxygen atoms in total. The van der Waals surface area contributed by atoms with Crippen molar-refractivity contribution >= 4 is 11.7 Å². The zero-order valence-corrected chi connectivity index (χ0v) is 11.6. The second kappa shape index (κ2) is 6.34. The standard InChI is InChI=1S/C14H17F3N2O2/c1-8(20)9-3-2-4-19(7-9)14(21)18-10-5-11(15)13(17)12(16)6-10/h5-6,8-9,20H,2-4,7H2,1H3,(H,18,21). The van der Waals surface area contributed by atoms with E-state index >= 15 is 0 Å². The van der Waals surface area contributed by atoms with Crippen molar-refractivity contribution in [2.45, 2.75) is 25.9 Å². The van der Waals surface area contributed by atoms with Crippen LogP contribution in [0.15, 0.2) is 12.1 Å². The Morgan fingerprint density at radius 3 is 2.57 bits per heavy atom. The largest absolute Gasteiger partial charge is 0.393 e. The lowest BCUT2D eigenvalue weighted by Crippen LogP contribution is -2.44. The molecule has 1 aromatic rings. The van der Waals surface area contributed by atoms with Gasteiger partial charge in [0.15, 0.2) is 17.5 Å². The summed E-state index contributed by atoms with van der Waals surface area (Å²) >= 11 is 0. The van der Waals surface area contributed by atoms with Crippen LogP contribution in [-0.2, 0) is 0 Å². The molecule has 1 aliphatic heterocycles. The first kappa shape index (κ1) is 15.6. The number of benzene rings is 1. The number of carbonyl (C=O) groups is 1. The average molecular weight is 302 g/mol. The maximum atomic E-state index is 13.1. The quantitative estimate of drug-likeness (QED) is 0.825. The highest BCUT2D eigenvalue weighted by Crippen LogP contribution is 2.22. The fourth-order valence-corrected chi connectivity index (χ4v) is 2.42. The molecule has 21 heavy (non-hydrogen) atoms. The lowest BCUT2D eigenvalue weighted by atomic mass is 9.94. The van der Waals surface area contributed by atoms with Crippen LogP contribution in [0.4, 0.5) is 23.7 Å². The summed E-state index contributed by atoms with van der Waals surface area (Å²) in [5.41, 5.74) is -0.143. The fourth-order valence-electron chi connectivity index (χ4n) is 2.42. The Hall–Kier alpha value is -1.76. The molecule has 2 N–H and O–H groups in total. The summed E-state index contributed by atoms with van der Waals surface area (Å²) < 4.78 is 39.0. The van der Waals surface area contributed by atoms with Gasteiger partial charge in [-0.1, -0.05) is 0 Å². The minimum absolute atomic E-state index is 0.0220. The molecule has 0 aliphatic carbocycles. The van der Waals surface area contributed by atoms with E-state index in [9.17, 15) is 23.1 Å². The van der Waals surface area contributed by atoms with Crippen molar-refractivity contribution in [1.29, 1.82) is 0 Å². The van der Waals surface area contributed by atoms with E-state index in [0.29, 0.717) is 13.1 Å². The SMILES string of the molecule is CC(O)C1CCCN(C(=O)Nc2cc(F)c(F)c(F)c2)C1. The molecule has 7 heteroatoms. The van der Waals surface area contributed by atoms with Crippen molar-refractivity contribution in [3.05, 3.63) is 29.6 Å². The molecule has 1 heterocycles. The Labute approximate surface area is 120 Å². The number of aliphatic hydroxyl groups excluding tert-OH is 1. The van der Waals surface area contributed by atoms with Crippen LogP contribution < -0.4 is 5.32 Å². The van der Waals surface area contributed by atoms with Gasteiger partial charge in [0.1, 0.15) is 0 Å². The van der Waals surface area contributed by atoms with Gasteiger partial charge in [-0.05, 0) is 19.8 Å². The van der Waals surface area contributed by atoms with E-state index < -0.39 is 29.6 Å². The van der Waals surface area contributed by atoms with Gasteiger partial charge in [0.2, 0.25) is 0 Å². The monoisotopic (exact) mass is 302 g/mol. The fraction of sp³-hybridized carbons (Fsp3) is 0.500. The number of carbonyl (C=O) groups excluding carboxylic acids is 1. The van der Waals surface area contributed by atoms with Crippen molar-refractivity contribution in [2.75, 3.05) is 18.4 Å². The first-order valence-corrected chi connectivity index (χ1v) is 6.77. The zero-order chi connectivity index (χ0) is 15.6. The normalized spacial score (nSPS) is 20.2. The van der Waals surface area contributed by atoms with Crippen LogP contribution in [-0.4, -0.2) is 35.2 Å². The number of likely N-dealkylation sites (tertiary alicyclic amines) is 1. The van der Waals surface area contributed by atoms with E-state index in [2.05, 4.69) is 5.32 Å². The predicted molar refractivity (Wildman–Crippen MR) is 71.3 cm³/mol. The molecule has 0 aromatic heterocycles. The first-order valence-electron chi connectivity index (χ1n) is 6.77. The lowest BCUT2D eigenvalue weighted by Gasteiger charge is -2.34. The molecule has 0 radical (unpaired) electrons. The molecule has 0 bridgehead atoms. The molecule has 1 saturated heterocycles. The van der Waals surface area contributed by atoms with Gasteiger partial charge in [-0.15, -0.1) is 0 Å². The summed E-state index contributed by atoms with van der Waals surface area (Å²) in [5.74, 6) is -4.30. The zero-order valence-electron chi connectivity index (χ0n) is 11.6. The second-order valence-corrected chi connectivity index (χ2v) is 5.27. The van der Waals surface area contributed by atoms with Crippen LogP contribution in [0.3, 0.4) is 0 Å². The number of rotatable bonds is 2. The maximum absolute atomic E-state index is 13.1. The van der Waals surface area contributed by atoms with Gasteiger partial charge in [-0.25, -0.2) is 18.0 Å². The topological polar surface area (TPSA) is 52.6 Å². The van der Waals surface area contributed by atoms with Gasteiger partial charge < -0.3 is 15.3 Å². The number of amides is 2. The summed E-state index contributed by atoms with van der Waals surface area (Å²) in [4.78, 5) is 13.5. The Balaban J connectivity index is 2.04. The van der Waals surface area contributed by atoms with Crippen LogP contribution >= 0.6 is 0 Å². The van der Waals surface area contributed by atoms with Crippen LogP contribution in [0.5, 0.6) is 0 Å². The van der Waals surface area contributed by atoms with E-state index in [-0.39, 0.29) is 11.6 Å². The van der Waals surface area contributed by atoms with Crippen molar-refractivity contribution in [1.82, 2.24) is 4.90 Å². The van der Waals surface area contributed by atoms with Gasteiger partial charge >= 0.3 is 6.03 Å². The highest BCUT2D eigenvalue weighted by atomic mass is 19.2. The van der Waals surface area contributed by atoms with E-state index in [4.69, 9.17) is 0 Å². The number of piperidine rings is 1. The first-order chi connectivity index (χ1) is 9.88. The van der Waals surface area contributed by atoms with Gasteiger partial charge in [-0.2, -0.15) is 0 Å². The molecule has 0 spiro atoms. The minimum atomic E-state index is -1.57. The number of anilines is 1. The van der Waals surface area contributed by atoms with Gasteiger partial charge in [0, 0.05) is 36.8 Å². The molecule has 2 atom stereocenters. The third-order valence-electron chi connectivity index (χ3n) is 3.66. The van der Waals surface area contributed by atoms with E-state index in [1.54, 1.807) is 6.92 Å². The molecule has 1 aliphatic rings. The van der Waals surface area contributed by atoms with Gasteiger partial charge in [0.25, 0.3) is 0 Å². The van der Waals surface area contributed by atoms with Crippen molar-refractivity contribution in [2.24, 2.45) is 5.92 Å². The van der Waals surface area contributed by atoms with Crippen LogP contribution in [0.2, 0.25) is 0 Å². The lowest BCUT2D eigenvalue weighted by molar-refractivity contribution is 0.0766. The molecule has 2 unspecified atom stereocenters. The number of hydrogen-bond donors (Lipinski definition) is 2. The number of halogens is 3. The Bertz CT molecular complexity index is 514. The highest BCUT2D eigenvalue weighted by Gasteiger charge is 2.26. The molecule has 1 fully saturated rings. The maximum Gasteiger partial charge on any atom is 0.321 e. The summed E-state index contributed by atoms with van der Waals surface area (Å²) in [6.45, 7) is 2.54. The molecular weight excluding hydrogens is 285 g/mol. The van der Waals surface area contributed by atoms with Crippen LogP contribution in [0.1, 0.15) is 19.8 Å². The smallest absolute Gasteiger partial charge is 0.321 e. The number of urea groups is 1. The number of aliphatic hydroxyl groups is 1. The molecule has 116 valence electrons.